The first-order valence-electron chi connectivity index (χ1n) is 8.53. The number of carboxylic acid groups (broad SMARTS) is 1. The Kier molecular flexibility index (Phi) is 11.2. The van der Waals surface area contributed by atoms with Crippen LogP contribution in [0.15, 0.2) is 23.1 Å². The maximum atomic E-state index is 10.3. The molecule has 126 valence electrons. The van der Waals surface area contributed by atoms with Gasteiger partial charge in [-0.3, -0.25) is 0 Å². The standard InChI is InChI=1S/C18H30O3S/c1-2-3-4-5-6-7-10-16-11-8-12-17(16)22-14-9-13-21-15-18(19)20/h7,10,12,16H,2-6,8-9,11,13-15H2,1H3,(H,19,20)/t16-/m0/s1. The zero-order valence-corrected chi connectivity index (χ0v) is 14.6. The summed E-state index contributed by atoms with van der Waals surface area (Å²) in [7, 11) is 0. The highest BCUT2D eigenvalue weighted by molar-refractivity contribution is 8.03. The lowest BCUT2D eigenvalue weighted by Crippen LogP contribution is -2.08. The first-order valence-corrected chi connectivity index (χ1v) is 9.51. The zero-order chi connectivity index (χ0) is 16.0. The first-order chi connectivity index (χ1) is 10.7. The topological polar surface area (TPSA) is 46.5 Å². The summed E-state index contributed by atoms with van der Waals surface area (Å²) in [6.07, 6.45) is 16.9. The molecule has 1 N–H and O–H groups in total. The summed E-state index contributed by atoms with van der Waals surface area (Å²) >= 11 is 1.91. The number of hydrogen-bond acceptors (Lipinski definition) is 3. The van der Waals surface area contributed by atoms with Crippen molar-refractivity contribution < 1.29 is 14.6 Å². The van der Waals surface area contributed by atoms with E-state index in [0.29, 0.717) is 12.5 Å². The summed E-state index contributed by atoms with van der Waals surface area (Å²) in [6.45, 7) is 2.59. The Hall–Kier alpha value is -0.740. The third kappa shape index (κ3) is 9.31. The molecule has 3 nitrogen and oxygen atoms in total. The average molecular weight is 327 g/mol. The highest BCUT2D eigenvalue weighted by Gasteiger charge is 2.16. The molecule has 0 bridgehead atoms. The van der Waals surface area contributed by atoms with E-state index in [-0.39, 0.29) is 6.61 Å². The van der Waals surface area contributed by atoms with Crippen molar-refractivity contribution in [1.82, 2.24) is 0 Å². The Morgan fingerprint density at radius 1 is 1.41 bits per heavy atom. The molecule has 0 radical (unpaired) electrons. The van der Waals surface area contributed by atoms with Crippen molar-refractivity contribution in [3.05, 3.63) is 23.1 Å². The van der Waals surface area contributed by atoms with Gasteiger partial charge in [0.1, 0.15) is 6.61 Å². The number of unbranched alkanes of at least 4 members (excludes halogenated alkanes) is 4. The predicted octanol–water partition coefficient (Wildman–Crippen LogP) is 5.03. The number of allylic oxidation sites excluding steroid dienone is 4. The third-order valence-electron chi connectivity index (χ3n) is 3.71. The molecule has 0 spiro atoms. The molecule has 0 saturated heterocycles. The van der Waals surface area contributed by atoms with Crippen LogP contribution in [0.2, 0.25) is 0 Å². The molecule has 4 heteroatoms. The van der Waals surface area contributed by atoms with Crippen LogP contribution in [0.25, 0.3) is 0 Å². The van der Waals surface area contributed by atoms with Gasteiger partial charge in [0, 0.05) is 12.5 Å². The van der Waals surface area contributed by atoms with E-state index in [1.54, 1.807) is 0 Å². The van der Waals surface area contributed by atoms with Gasteiger partial charge in [0.2, 0.25) is 0 Å². The van der Waals surface area contributed by atoms with Crippen LogP contribution in [0.5, 0.6) is 0 Å². The lowest BCUT2D eigenvalue weighted by atomic mass is 10.1. The number of thioether (sulfide) groups is 1. The third-order valence-corrected chi connectivity index (χ3v) is 5.00. The van der Waals surface area contributed by atoms with E-state index in [4.69, 9.17) is 9.84 Å². The smallest absolute Gasteiger partial charge is 0.329 e. The van der Waals surface area contributed by atoms with Gasteiger partial charge in [-0.25, -0.2) is 4.79 Å². The van der Waals surface area contributed by atoms with E-state index in [9.17, 15) is 4.79 Å². The minimum atomic E-state index is -0.893. The van der Waals surface area contributed by atoms with Gasteiger partial charge in [-0.1, -0.05) is 44.4 Å². The SMILES string of the molecule is CCCCCCC=C[C@H]1CCC=C1SCCCOCC(=O)O. The van der Waals surface area contributed by atoms with Crippen molar-refractivity contribution in [3.8, 4) is 0 Å². The molecule has 1 rings (SSSR count). The molecule has 0 fully saturated rings. The number of hydrogen-bond donors (Lipinski definition) is 1. The van der Waals surface area contributed by atoms with Crippen molar-refractivity contribution in [2.45, 2.75) is 58.3 Å². The van der Waals surface area contributed by atoms with Gasteiger partial charge in [-0.15, -0.1) is 11.8 Å². The molecule has 1 aliphatic rings. The quantitative estimate of drug-likeness (QED) is 0.381. The molecule has 0 aromatic carbocycles. The van der Waals surface area contributed by atoms with Crippen LogP contribution in [0.4, 0.5) is 0 Å². The van der Waals surface area contributed by atoms with E-state index in [1.165, 1.54) is 49.9 Å². The molecule has 0 aromatic rings. The summed E-state index contributed by atoms with van der Waals surface area (Å²) in [5, 5.41) is 8.48. The van der Waals surface area contributed by atoms with Crippen LogP contribution in [-0.2, 0) is 9.53 Å². The van der Waals surface area contributed by atoms with E-state index in [0.717, 1.165) is 12.2 Å². The molecule has 0 saturated carbocycles. The van der Waals surface area contributed by atoms with Gasteiger partial charge in [-0.2, -0.15) is 0 Å². The van der Waals surface area contributed by atoms with Crippen LogP contribution >= 0.6 is 11.8 Å². The molecule has 0 heterocycles. The van der Waals surface area contributed by atoms with Crippen molar-refractivity contribution >= 4 is 17.7 Å². The minimum absolute atomic E-state index is 0.184. The lowest BCUT2D eigenvalue weighted by Gasteiger charge is -2.10. The predicted molar refractivity (Wildman–Crippen MR) is 94.2 cm³/mol. The second-order valence-corrected chi connectivity index (χ2v) is 6.88. The number of aliphatic carboxylic acids is 1. The van der Waals surface area contributed by atoms with Crippen molar-refractivity contribution in [2.75, 3.05) is 19.0 Å². The Morgan fingerprint density at radius 3 is 3.05 bits per heavy atom. The fourth-order valence-corrected chi connectivity index (χ4v) is 3.66. The van der Waals surface area contributed by atoms with Crippen molar-refractivity contribution in [1.29, 1.82) is 0 Å². The maximum absolute atomic E-state index is 10.3. The minimum Gasteiger partial charge on any atom is -0.480 e. The Balaban J connectivity index is 2.09. The van der Waals surface area contributed by atoms with Crippen LogP contribution in [0.1, 0.15) is 58.3 Å². The molecule has 1 aliphatic carbocycles. The van der Waals surface area contributed by atoms with Gasteiger partial charge < -0.3 is 9.84 Å². The maximum Gasteiger partial charge on any atom is 0.329 e. The van der Waals surface area contributed by atoms with Crippen LogP contribution < -0.4 is 0 Å². The normalized spacial score (nSPS) is 18.0. The first kappa shape index (κ1) is 19.3. The van der Waals surface area contributed by atoms with Gasteiger partial charge >= 0.3 is 5.97 Å². The van der Waals surface area contributed by atoms with E-state index in [2.05, 4.69) is 25.2 Å². The Bertz CT molecular complexity index is 363. The number of ether oxygens (including phenoxy) is 1. The summed E-state index contributed by atoms with van der Waals surface area (Å²) in [4.78, 5) is 11.8. The second-order valence-electron chi connectivity index (χ2n) is 5.72. The van der Waals surface area contributed by atoms with Gasteiger partial charge in [-0.05, 0) is 42.8 Å². The monoisotopic (exact) mass is 326 g/mol. The highest BCUT2D eigenvalue weighted by atomic mass is 32.2. The largest absolute Gasteiger partial charge is 0.480 e. The molecule has 0 amide bonds. The Morgan fingerprint density at radius 2 is 2.27 bits per heavy atom. The van der Waals surface area contributed by atoms with Gasteiger partial charge in [0.15, 0.2) is 0 Å². The summed E-state index contributed by atoms with van der Waals surface area (Å²) < 4.78 is 5.05. The lowest BCUT2D eigenvalue weighted by molar-refractivity contribution is -0.142. The summed E-state index contributed by atoms with van der Waals surface area (Å²) in [6, 6.07) is 0. The molecule has 1 atom stereocenters. The second kappa shape index (κ2) is 12.8. The fourth-order valence-electron chi connectivity index (χ4n) is 2.52. The number of carboxylic acids is 1. The molecule has 22 heavy (non-hydrogen) atoms. The van der Waals surface area contributed by atoms with Crippen molar-refractivity contribution in [2.24, 2.45) is 5.92 Å². The summed E-state index contributed by atoms with van der Waals surface area (Å²) in [5.74, 6) is 0.721. The van der Waals surface area contributed by atoms with E-state index < -0.39 is 5.97 Å². The zero-order valence-electron chi connectivity index (χ0n) is 13.8. The highest BCUT2D eigenvalue weighted by Crippen LogP contribution is 2.35. The van der Waals surface area contributed by atoms with Crippen LogP contribution in [-0.4, -0.2) is 30.0 Å². The molecular formula is C18H30O3S. The average Bonchev–Trinajstić information content (AvgIpc) is 2.93. The van der Waals surface area contributed by atoms with Crippen LogP contribution in [0, 0.1) is 5.92 Å². The van der Waals surface area contributed by atoms with Gasteiger partial charge in [0.05, 0.1) is 0 Å². The van der Waals surface area contributed by atoms with Crippen LogP contribution in [0.3, 0.4) is 0 Å². The van der Waals surface area contributed by atoms with Crippen molar-refractivity contribution in [3.63, 3.8) is 0 Å². The summed E-state index contributed by atoms with van der Waals surface area (Å²) in [5.41, 5.74) is 0. The Labute approximate surface area is 139 Å². The van der Waals surface area contributed by atoms with E-state index >= 15 is 0 Å². The van der Waals surface area contributed by atoms with Gasteiger partial charge in [0.25, 0.3) is 0 Å². The fraction of sp³-hybridized carbons (Fsp3) is 0.722. The molecule has 0 aromatic heterocycles. The molecular weight excluding hydrogens is 296 g/mol. The molecule has 0 unspecified atom stereocenters. The number of carbonyl (C=O) groups is 1. The van der Waals surface area contributed by atoms with E-state index in [1.807, 2.05) is 11.8 Å². The number of rotatable bonds is 13. The molecule has 0 aliphatic heterocycles.